The van der Waals surface area contributed by atoms with Crippen LogP contribution in [-0.2, 0) is 9.53 Å². The molecule has 0 aliphatic heterocycles. The van der Waals surface area contributed by atoms with Crippen molar-refractivity contribution in [1.82, 2.24) is 0 Å². The lowest BCUT2D eigenvalue weighted by Crippen LogP contribution is -2.16. The van der Waals surface area contributed by atoms with Crippen LogP contribution in [0.3, 0.4) is 0 Å². The summed E-state index contributed by atoms with van der Waals surface area (Å²) in [6.07, 6.45) is 0. The predicted octanol–water partition coefficient (Wildman–Crippen LogP) is 2.83. The number of halogens is 1. The summed E-state index contributed by atoms with van der Waals surface area (Å²) in [5.74, 6) is -1.75. The topological polar surface area (TPSA) is 56.5 Å². The van der Waals surface area contributed by atoms with Gasteiger partial charge in [-0.25, -0.2) is 4.79 Å². The zero-order valence-corrected chi connectivity index (χ0v) is 9.78. The van der Waals surface area contributed by atoms with Gasteiger partial charge in [0.05, 0.1) is 6.61 Å². The van der Waals surface area contributed by atoms with Gasteiger partial charge in [0, 0.05) is 16.5 Å². The number of esters is 1. The average Bonchev–Trinajstić information content (AvgIpc) is 2.71. The Morgan fingerprint density at radius 2 is 2.12 bits per heavy atom. The molecule has 0 aliphatic carbocycles. The van der Waals surface area contributed by atoms with Gasteiger partial charge in [-0.3, -0.25) is 4.79 Å². The first-order chi connectivity index (χ1) is 8.11. The molecule has 0 amide bonds. The van der Waals surface area contributed by atoms with Crippen LogP contribution in [0.1, 0.15) is 17.5 Å². The number of hydrogen-bond donors (Lipinski definition) is 0. The first-order valence-corrected chi connectivity index (χ1v) is 5.40. The molecule has 2 rings (SSSR count). The van der Waals surface area contributed by atoms with Crippen LogP contribution >= 0.6 is 11.6 Å². The molecule has 1 aromatic heterocycles. The Kier molecular flexibility index (Phi) is 3.15. The fourth-order valence-corrected chi connectivity index (χ4v) is 1.58. The zero-order valence-electron chi connectivity index (χ0n) is 9.03. The van der Waals surface area contributed by atoms with Gasteiger partial charge in [0.1, 0.15) is 5.58 Å². The van der Waals surface area contributed by atoms with Crippen LogP contribution in [0.25, 0.3) is 11.0 Å². The van der Waals surface area contributed by atoms with E-state index in [0.717, 1.165) is 0 Å². The number of ether oxygens (including phenoxy) is 1. The number of Topliss-reactive ketones (excluding diaryl/α,β-unsaturated/α-hetero) is 1. The van der Waals surface area contributed by atoms with E-state index in [9.17, 15) is 9.59 Å². The monoisotopic (exact) mass is 252 g/mol. The molecule has 4 nitrogen and oxygen atoms in total. The lowest BCUT2D eigenvalue weighted by Gasteiger charge is -1.96. The molecule has 0 spiro atoms. The molecule has 0 saturated heterocycles. The molecule has 0 radical (unpaired) electrons. The van der Waals surface area contributed by atoms with E-state index in [0.29, 0.717) is 16.0 Å². The molecule has 88 valence electrons. The second-order valence-corrected chi connectivity index (χ2v) is 3.78. The second kappa shape index (κ2) is 4.59. The summed E-state index contributed by atoms with van der Waals surface area (Å²) in [7, 11) is 0. The number of carbonyl (C=O) groups is 2. The van der Waals surface area contributed by atoms with Crippen LogP contribution in [0.4, 0.5) is 0 Å². The predicted molar refractivity (Wildman–Crippen MR) is 62.2 cm³/mol. The summed E-state index contributed by atoms with van der Waals surface area (Å²) in [4.78, 5) is 22.8. The molecule has 0 atom stereocenters. The van der Waals surface area contributed by atoms with Gasteiger partial charge < -0.3 is 9.15 Å². The summed E-state index contributed by atoms with van der Waals surface area (Å²) in [6.45, 7) is 1.78. The minimum Gasteiger partial charge on any atom is -0.460 e. The molecule has 2 aromatic rings. The molecular formula is C12H9ClO4. The lowest BCUT2D eigenvalue weighted by atomic mass is 10.2. The van der Waals surface area contributed by atoms with E-state index in [1.165, 1.54) is 6.07 Å². The van der Waals surface area contributed by atoms with Crippen LogP contribution < -0.4 is 0 Å². The van der Waals surface area contributed by atoms with Gasteiger partial charge in [-0.05, 0) is 25.1 Å². The molecule has 0 fully saturated rings. The Morgan fingerprint density at radius 1 is 1.35 bits per heavy atom. The summed E-state index contributed by atoms with van der Waals surface area (Å²) < 4.78 is 9.85. The molecule has 0 N–H and O–H groups in total. The highest BCUT2D eigenvalue weighted by molar-refractivity contribution is 6.40. The number of ketones is 1. The highest BCUT2D eigenvalue weighted by Gasteiger charge is 2.21. The zero-order chi connectivity index (χ0) is 12.4. The van der Waals surface area contributed by atoms with E-state index >= 15 is 0 Å². The van der Waals surface area contributed by atoms with Crippen molar-refractivity contribution in [2.75, 3.05) is 6.61 Å². The van der Waals surface area contributed by atoms with Crippen LogP contribution in [0.2, 0.25) is 5.02 Å². The molecule has 0 unspecified atom stereocenters. The van der Waals surface area contributed by atoms with E-state index in [2.05, 4.69) is 4.74 Å². The Labute approximate surface area is 102 Å². The van der Waals surface area contributed by atoms with Gasteiger partial charge >= 0.3 is 11.8 Å². The third kappa shape index (κ3) is 2.31. The molecule has 1 aromatic carbocycles. The maximum atomic E-state index is 11.6. The quantitative estimate of drug-likeness (QED) is 0.479. The van der Waals surface area contributed by atoms with E-state index < -0.39 is 11.8 Å². The Bertz CT molecular complexity index is 585. The highest BCUT2D eigenvalue weighted by atomic mass is 35.5. The molecular weight excluding hydrogens is 244 g/mol. The van der Waals surface area contributed by atoms with Crippen molar-refractivity contribution in [2.45, 2.75) is 6.92 Å². The maximum absolute atomic E-state index is 11.6. The van der Waals surface area contributed by atoms with Crippen LogP contribution in [0.15, 0.2) is 28.7 Å². The normalized spacial score (nSPS) is 10.5. The minimum absolute atomic E-state index is 0.0410. The Hall–Kier alpha value is -1.81. The van der Waals surface area contributed by atoms with Crippen molar-refractivity contribution in [3.63, 3.8) is 0 Å². The van der Waals surface area contributed by atoms with Crippen LogP contribution in [-0.4, -0.2) is 18.4 Å². The Balaban J connectivity index is 2.36. The fourth-order valence-electron chi connectivity index (χ4n) is 1.41. The Morgan fingerprint density at radius 3 is 2.82 bits per heavy atom. The van der Waals surface area contributed by atoms with Crippen molar-refractivity contribution in [3.05, 3.63) is 35.0 Å². The van der Waals surface area contributed by atoms with E-state index in [1.807, 2.05) is 0 Å². The summed E-state index contributed by atoms with van der Waals surface area (Å²) in [6, 6.07) is 6.46. The third-order valence-corrected chi connectivity index (χ3v) is 2.40. The average molecular weight is 253 g/mol. The first kappa shape index (κ1) is 11.7. The van der Waals surface area contributed by atoms with E-state index in [4.69, 9.17) is 16.0 Å². The third-order valence-electron chi connectivity index (χ3n) is 2.17. The molecule has 0 aliphatic rings. The molecule has 1 heterocycles. The van der Waals surface area contributed by atoms with Gasteiger partial charge in [0.2, 0.25) is 0 Å². The van der Waals surface area contributed by atoms with Gasteiger partial charge in [-0.1, -0.05) is 11.6 Å². The number of fused-ring (bicyclic) bond motifs is 1. The van der Waals surface area contributed by atoms with Crippen molar-refractivity contribution in [1.29, 1.82) is 0 Å². The van der Waals surface area contributed by atoms with E-state index in [-0.39, 0.29) is 12.4 Å². The maximum Gasteiger partial charge on any atom is 0.383 e. The molecule has 5 heteroatoms. The summed E-state index contributed by atoms with van der Waals surface area (Å²) in [5, 5.41) is 1.21. The summed E-state index contributed by atoms with van der Waals surface area (Å²) >= 11 is 5.78. The van der Waals surface area contributed by atoms with Gasteiger partial charge in [-0.15, -0.1) is 0 Å². The number of carbonyl (C=O) groups excluding carboxylic acids is 2. The molecule has 0 saturated carbocycles. The van der Waals surface area contributed by atoms with E-state index in [1.54, 1.807) is 25.1 Å². The van der Waals surface area contributed by atoms with Crippen LogP contribution in [0.5, 0.6) is 0 Å². The van der Waals surface area contributed by atoms with Gasteiger partial charge in [0.15, 0.2) is 5.76 Å². The largest absolute Gasteiger partial charge is 0.460 e. The van der Waals surface area contributed by atoms with Crippen molar-refractivity contribution in [2.24, 2.45) is 0 Å². The molecule has 0 bridgehead atoms. The standard InChI is InChI=1S/C12H9ClO4/c1-2-16-12(15)11(14)10-5-7-3-4-8(13)6-9(7)17-10/h3-6H,2H2,1H3. The lowest BCUT2D eigenvalue weighted by molar-refractivity contribution is -0.137. The van der Waals surface area contributed by atoms with Crippen molar-refractivity contribution in [3.8, 4) is 0 Å². The number of furan rings is 1. The van der Waals surface area contributed by atoms with Crippen LogP contribution in [0, 0.1) is 0 Å². The van der Waals surface area contributed by atoms with Crippen molar-refractivity contribution >= 4 is 34.3 Å². The first-order valence-electron chi connectivity index (χ1n) is 5.02. The van der Waals surface area contributed by atoms with Gasteiger partial charge in [0.25, 0.3) is 0 Å². The second-order valence-electron chi connectivity index (χ2n) is 3.34. The summed E-state index contributed by atoms with van der Waals surface area (Å²) in [5.41, 5.74) is 0.463. The smallest absolute Gasteiger partial charge is 0.383 e. The number of rotatable bonds is 3. The van der Waals surface area contributed by atoms with Gasteiger partial charge in [-0.2, -0.15) is 0 Å². The SMILES string of the molecule is CCOC(=O)C(=O)c1cc2ccc(Cl)cc2o1. The fraction of sp³-hybridized carbons (Fsp3) is 0.167. The molecule has 17 heavy (non-hydrogen) atoms. The number of benzene rings is 1. The van der Waals surface area contributed by atoms with Crippen molar-refractivity contribution < 1.29 is 18.7 Å². The highest BCUT2D eigenvalue weighted by Crippen LogP contribution is 2.23. The number of hydrogen-bond acceptors (Lipinski definition) is 4. The minimum atomic E-state index is -0.919.